The third-order valence-electron chi connectivity index (χ3n) is 2.29. The summed E-state index contributed by atoms with van der Waals surface area (Å²) in [5.74, 6) is -1.34. The quantitative estimate of drug-likeness (QED) is 0.832. The fourth-order valence-corrected chi connectivity index (χ4v) is 1.90. The molecule has 5 nitrogen and oxygen atoms in total. The van der Waals surface area contributed by atoms with Crippen LogP contribution >= 0.6 is 15.9 Å². The highest BCUT2D eigenvalue weighted by Crippen LogP contribution is 2.34. The Morgan fingerprint density at radius 2 is 2.40 bits per heavy atom. The Kier molecular flexibility index (Phi) is 2.34. The van der Waals surface area contributed by atoms with Gasteiger partial charge in [0.1, 0.15) is 16.3 Å². The summed E-state index contributed by atoms with van der Waals surface area (Å²) < 4.78 is 14.4. The van der Waals surface area contributed by atoms with E-state index in [4.69, 9.17) is 5.11 Å². The fraction of sp³-hybridized carbons (Fsp3) is 0.375. The summed E-state index contributed by atoms with van der Waals surface area (Å²) in [7, 11) is 0. The molecule has 0 fully saturated rings. The van der Waals surface area contributed by atoms with Crippen LogP contribution < -0.4 is 5.56 Å². The van der Waals surface area contributed by atoms with Crippen molar-refractivity contribution < 1.29 is 14.3 Å². The fourth-order valence-electron chi connectivity index (χ4n) is 1.61. The number of hydrogen-bond donors (Lipinski definition) is 1. The smallest absolute Gasteiger partial charge is 0.326 e. The Balaban J connectivity index is 2.67. The van der Waals surface area contributed by atoms with E-state index in [1.807, 2.05) is 0 Å². The summed E-state index contributed by atoms with van der Waals surface area (Å²) in [5.41, 5.74) is -0.562. The zero-order valence-electron chi connectivity index (χ0n) is 7.35. The van der Waals surface area contributed by atoms with E-state index < -0.39 is 23.7 Å². The second-order valence-electron chi connectivity index (χ2n) is 3.20. The van der Waals surface area contributed by atoms with Crippen LogP contribution in [0.4, 0.5) is 4.39 Å². The molecule has 0 spiro atoms. The zero-order valence-corrected chi connectivity index (χ0v) is 8.94. The number of aliphatic carboxylic acids is 1. The van der Waals surface area contributed by atoms with Gasteiger partial charge in [-0.15, -0.1) is 0 Å². The SMILES string of the molecule is O=C(O)[C@@H]1CC(F)c2ncc(Br)c(=O)n21. The molecule has 1 N–H and O–H groups in total. The molecule has 1 aliphatic rings. The lowest BCUT2D eigenvalue weighted by Gasteiger charge is -2.08. The Labute approximate surface area is 91.7 Å². The standard InChI is InChI=1S/C8H6BrFN2O3/c9-3-2-11-6-4(10)1-5(8(14)15)12(6)7(3)13/h2,4-5H,1H2,(H,14,15)/t4?,5-/m0/s1. The van der Waals surface area contributed by atoms with Crippen molar-refractivity contribution in [2.24, 2.45) is 0 Å². The normalized spacial score (nSPS) is 23.9. The number of rotatable bonds is 1. The highest BCUT2D eigenvalue weighted by molar-refractivity contribution is 9.10. The van der Waals surface area contributed by atoms with Gasteiger partial charge in [-0.2, -0.15) is 0 Å². The van der Waals surface area contributed by atoms with Gasteiger partial charge >= 0.3 is 5.97 Å². The van der Waals surface area contributed by atoms with Gasteiger partial charge in [-0.25, -0.2) is 14.2 Å². The van der Waals surface area contributed by atoms with Gasteiger partial charge in [-0.1, -0.05) is 0 Å². The second kappa shape index (κ2) is 3.41. The molecule has 80 valence electrons. The number of alkyl halides is 1. The minimum atomic E-state index is -1.49. The lowest BCUT2D eigenvalue weighted by Crippen LogP contribution is -2.28. The zero-order chi connectivity index (χ0) is 11.2. The predicted octanol–water partition coefficient (Wildman–Crippen LogP) is 1.05. The number of carboxylic acid groups (broad SMARTS) is 1. The molecule has 1 aromatic rings. The molecule has 0 radical (unpaired) electrons. The first-order valence-corrected chi connectivity index (χ1v) is 4.95. The van der Waals surface area contributed by atoms with Crippen molar-refractivity contribution in [2.45, 2.75) is 18.6 Å². The minimum absolute atomic E-state index is 0.115. The van der Waals surface area contributed by atoms with Crippen LogP contribution in [0.2, 0.25) is 0 Å². The third-order valence-corrected chi connectivity index (χ3v) is 2.83. The van der Waals surface area contributed by atoms with Gasteiger partial charge < -0.3 is 5.11 Å². The van der Waals surface area contributed by atoms with Crippen LogP contribution in [0.1, 0.15) is 24.5 Å². The van der Waals surface area contributed by atoms with Gasteiger partial charge in [0.05, 0.1) is 0 Å². The van der Waals surface area contributed by atoms with E-state index in [1.54, 1.807) is 0 Å². The highest BCUT2D eigenvalue weighted by atomic mass is 79.9. The molecule has 1 aromatic heterocycles. The maximum Gasteiger partial charge on any atom is 0.326 e. The summed E-state index contributed by atoms with van der Waals surface area (Å²) in [6, 6.07) is -1.16. The van der Waals surface area contributed by atoms with Gasteiger partial charge in [0.25, 0.3) is 5.56 Å². The Morgan fingerprint density at radius 3 is 3.00 bits per heavy atom. The van der Waals surface area contributed by atoms with Crippen LogP contribution in [-0.2, 0) is 4.79 Å². The highest BCUT2D eigenvalue weighted by Gasteiger charge is 2.37. The van der Waals surface area contributed by atoms with Gasteiger partial charge in [-0.3, -0.25) is 9.36 Å². The molecule has 0 bridgehead atoms. The number of carboxylic acids is 1. The molecule has 0 saturated heterocycles. The number of carbonyl (C=O) groups is 1. The van der Waals surface area contributed by atoms with Crippen molar-refractivity contribution in [3.8, 4) is 0 Å². The van der Waals surface area contributed by atoms with Crippen molar-refractivity contribution >= 4 is 21.9 Å². The third kappa shape index (κ3) is 1.46. The van der Waals surface area contributed by atoms with Crippen LogP contribution in [0.5, 0.6) is 0 Å². The van der Waals surface area contributed by atoms with E-state index in [0.717, 1.165) is 4.57 Å². The van der Waals surface area contributed by atoms with Gasteiger partial charge in [-0.05, 0) is 15.9 Å². The number of fused-ring (bicyclic) bond motifs is 1. The summed E-state index contributed by atoms with van der Waals surface area (Å²) >= 11 is 2.93. The number of halogens is 2. The monoisotopic (exact) mass is 276 g/mol. The molecule has 0 aromatic carbocycles. The molecular weight excluding hydrogens is 271 g/mol. The molecule has 1 aliphatic heterocycles. The molecule has 2 heterocycles. The van der Waals surface area contributed by atoms with E-state index in [9.17, 15) is 14.0 Å². The van der Waals surface area contributed by atoms with E-state index in [2.05, 4.69) is 20.9 Å². The summed E-state index contributed by atoms with van der Waals surface area (Å²) in [5, 5.41) is 8.82. The van der Waals surface area contributed by atoms with E-state index >= 15 is 0 Å². The maximum absolute atomic E-state index is 13.3. The molecule has 0 amide bonds. The van der Waals surface area contributed by atoms with Crippen LogP contribution in [0, 0.1) is 0 Å². The van der Waals surface area contributed by atoms with E-state index in [-0.39, 0.29) is 16.7 Å². The molecule has 2 atom stereocenters. The average molecular weight is 277 g/mol. The molecule has 15 heavy (non-hydrogen) atoms. The molecule has 1 unspecified atom stereocenters. The van der Waals surface area contributed by atoms with Gasteiger partial charge in [0.15, 0.2) is 6.17 Å². The first-order chi connectivity index (χ1) is 7.02. The first kappa shape index (κ1) is 10.3. The second-order valence-corrected chi connectivity index (χ2v) is 4.05. The predicted molar refractivity (Wildman–Crippen MR) is 51.3 cm³/mol. The molecule has 7 heteroatoms. The largest absolute Gasteiger partial charge is 0.480 e. The van der Waals surface area contributed by atoms with Crippen molar-refractivity contribution in [1.29, 1.82) is 0 Å². The summed E-state index contributed by atoms with van der Waals surface area (Å²) in [6.45, 7) is 0. The van der Waals surface area contributed by atoms with Crippen LogP contribution in [0.15, 0.2) is 15.5 Å². The van der Waals surface area contributed by atoms with Crippen molar-refractivity contribution in [3.63, 3.8) is 0 Å². The van der Waals surface area contributed by atoms with Gasteiger partial charge in [0.2, 0.25) is 0 Å². The minimum Gasteiger partial charge on any atom is -0.480 e. The number of nitrogens with zero attached hydrogens (tertiary/aromatic N) is 2. The molecule has 0 aliphatic carbocycles. The topological polar surface area (TPSA) is 72.2 Å². The van der Waals surface area contributed by atoms with Crippen LogP contribution in [0.25, 0.3) is 0 Å². The maximum atomic E-state index is 13.3. The van der Waals surface area contributed by atoms with E-state index in [1.165, 1.54) is 6.20 Å². The Morgan fingerprint density at radius 1 is 1.73 bits per heavy atom. The lowest BCUT2D eigenvalue weighted by atomic mass is 10.2. The van der Waals surface area contributed by atoms with Crippen molar-refractivity contribution in [2.75, 3.05) is 0 Å². The van der Waals surface area contributed by atoms with Gasteiger partial charge in [0, 0.05) is 12.6 Å². The lowest BCUT2D eigenvalue weighted by molar-refractivity contribution is -0.141. The number of aromatic nitrogens is 2. The summed E-state index contributed by atoms with van der Waals surface area (Å²) in [4.78, 5) is 26.1. The number of hydrogen-bond acceptors (Lipinski definition) is 3. The van der Waals surface area contributed by atoms with Crippen LogP contribution in [-0.4, -0.2) is 20.6 Å². The average Bonchev–Trinajstić information content (AvgIpc) is 2.50. The molecular formula is C8H6BrFN2O3. The summed E-state index contributed by atoms with van der Waals surface area (Å²) in [6.07, 6.45) is -0.550. The molecule has 2 rings (SSSR count). The van der Waals surface area contributed by atoms with Crippen LogP contribution in [0.3, 0.4) is 0 Å². The van der Waals surface area contributed by atoms with Crippen molar-refractivity contribution in [1.82, 2.24) is 9.55 Å². The molecule has 0 saturated carbocycles. The Bertz CT molecular complexity index is 487. The first-order valence-electron chi connectivity index (χ1n) is 4.16. The van der Waals surface area contributed by atoms with Crippen molar-refractivity contribution in [3.05, 3.63) is 26.8 Å². The Hall–Kier alpha value is -1.24. The van der Waals surface area contributed by atoms with E-state index in [0.29, 0.717) is 0 Å².